The van der Waals surface area contributed by atoms with Crippen molar-refractivity contribution in [3.05, 3.63) is 71.0 Å². The molecule has 0 aliphatic carbocycles. The molecule has 1 fully saturated rings. The maximum Gasteiger partial charge on any atom is 0.441 e. The zero-order valence-corrected chi connectivity index (χ0v) is 20.8. The lowest BCUT2D eigenvalue weighted by Crippen LogP contribution is -3.11. The molecule has 191 valence electrons. The molecule has 2 aromatic carbocycles. The molecule has 1 radical (unpaired) electrons. The Bertz CT molecular complexity index is 897. The highest BCUT2D eigenvalue weighted by atomic mass is 19.4. The van der Waals surface area contributed by atoms with Crippen molar-refractivity contribution < 1.29 is 32.0 Å². The van der Waals surface area contributed by atoms with Gasteiger partial charge in [0.2, 0.25) is 0 Å². The minimum absolute atomic E-state index is 0.198. The Morgan fingerprint density at radius 3 is 2.26 bits per heavy atom. The normalized spacial score (nSPS) is 17.8. The molecule has 0 spiro atoms. The highest BCUT2D eigenvalue weighted by Gasteiger charge is 2.34. The molecular weight excluding hydrogens is 459 g/mol. The predicted octanol–water partition coefficient (Wildman–Crippen LogP) is 3.92. The van der Waals surface area contributed by atoms with Crippen molar-refractivity contribution in [1.29, 1.82) is 0 Å². The number of benzene rings is 2. The third kappa shape index (κ3) is 10.7. The molecule has 0 bridgehead atoms. The summed E-state index contributed by atoms with van der Waals surface area (Å²) in [4.78, 5) is 24.5. The van der Waals surface area contributed by atoms with Gasteiger partial charge in [0.15, 0.2) is 5.78 Å². The van der Waals surface area contributed by atoms with Crippen molar-refractivity contribution in [3.63, 3.8) is 0 Å². The molecule has 2 unspecified atom stereocenters. The van der Waals surface area contributed by atoms with Crippen molar-refractivity contribution in [2.75, 3.05) is 20.1 Å². The van der Waals surface area contributed by atoms with Gasteiger partial charge in [-0.25, -0.2) is 4.39 Å². The lowest BCUT2D eigenvalue weighted by molar-refractivity contribution is -0.770. The van der Waals surface area contributed by atoms with E-state index in [1.165, 1.54) is 57.2 Å². The molecule has 2 N–H and O–H groups in total. The standard InChI is InChI=1S/C15H11FO2.C7H16BN.C4H8F3N/c16-13-7-5-12(6-8-13)15(18)14-4-2-1-3-11(14)9-10-17;1-3-7-4-5-9(6-7)8-2;1-3(8-2)4(5,6)7/h1-8,10H,9H2;7,9H,3-6H2,1-2H3;3,8H,1-2H3/q;+1;/t;;3-/m..1/s1. The van der Waals surface area contributed by atoms with Crippen LogP contribution in [0.2, 0.25) is 6.82 Å². The fraction of sp³-hybridized carbons (Fsp3) is 0.462. The van der Waals surface area contributed by atoms with Crippen LogP contribution in [-0.2, 0) is 11.2 Å². The first kappa shape index (κ1) is 30.5. The Balaban J connectivity index is 0.000000302. The Kier molecular flexibility index (Phi) is 13.5. The van der Waals surface area contributed by atoms with Crippen LogP contribution >= 0.6 is 0 Å². The minimum atomic E-state index is -4.10. The number of halogens is 4. The maximum atomic E-state index is 12.8. The van der Waals surface area contributed by atoms with E-state index in [-0.39, 0.29) is 18.0 Å². The Labute approximate surface area is 206 Å². The Morgan fingerprint density at radius 2 is 1.83 bits per heavy atom. The van der Waals surface area contributed by atoms with Crippen LogP contribution in [0.1, 0.15) is 48.2 Å². The topological polar surface area (TPSA) is 50.6 Å². The molecule has 0 saturated carbocycles. The first-order chi connectivity index (χ1) is 16.6. The van der Waals surface area contributed by atoms with Gasteiger partial charge in [-0.2, -0.15) is 13.2 Å². The van der Waals surface area contributed by atoms with E-state index in [0.29, 0.717) is 16.7 Å². The van der Waals surface area contributed by atoms with Crippen molar-refractivity contribution in [3.8, 4) is 0 Å². The number of rotatable bonds is 7. The van der Waals surface area contributed by atoms with Crippen LogP contribution in [0, 0.1) is 11.7 Å². The van der Waals surface area contributed by atoms with Gasteiger partial charge < -0.3 is 14.9 Å². The number of aldehydes is 1. The quantitative estimate of drug-likeness (QED) is 0.266. The molecule has 1 saturated heterocycles. The second kappa shape index (κ2) is 15.5. The second-order valence-corrected chi connectivity index (χ2v) is 8.38. The number of carbonyl (C=O) groups excluding carboxylic acids is 2. The Hall–Kier alpha value is -2.52. The maximum absolute atomic E-state index is 12.8. The molecule has 1 aliphatic heterocycles. The Morgan fingerprint density at radius 1 is 1.20 bits per heavy atom. The van der Waals surface area contributed by atoms with Crippen LogP contribution < -0.4 is 10.1 Å². The highest BCUT2D eigenvalue weighted by Crippen LogP contribution is 2.18. The lowest BCUT2D eigenvalue weighted by Gasteiger charge is -2.13. The smallest absolute Gasteiger partial charge is 0.406 e. The average molecular weight is 494 g/mol. The van der Waals surface area contributed by atoms with Crippen LogP contribution in [-0.4, -0.2) is 51.8 Å². The summed E-state index contributed by atoms with van der Waals surface area (Å²) in [5.41, 5.74) is 1.58. The summed E-state index contributed by atoms with van der Waals surface area (Å²) >= 11 is 0. The summed E-state index contributed by atoms with van der Waals surface area (Å²) in [6.07, 6.45) is -0.331. The number of ketones is 1. The number of hydrogen-bond acceptors (Lipinski definition) is 3. The predicted molar refractivity (Wildman–Crippen MR) is 131 cm³/mol. The third-order valence-electron chi connectivity index (χ3n) is 6.01. The summed E-state index contributed by atoms with van der Waals surface area (Å²) in [5.74, 6) is 0.427. The van der Waals surface area contributed by atoms with Crippen LogP contribution in [0.4, 0.5) is 17.6 Å². The van der Waals surface area contributed by atoms with E-state index in [1.807, 2.05) is 0 Å². The zero-order valence-electron chi connectivity index (χ0n) is 20.8. The molecule has 3 atom stereocenters. The van der Waals surface area contributed by atoms with Gasteiger partial charge in [0.05, 0.1) is 13.1 Å². The largest absolute Gasteiger partial charge is 0.441 e. The number of alkyl halides is 3. The molecule has 2 aromatic rings. The summed E-state index contributed by atoms with van der Waals surface area (Å²) in [7, 11) is 3.56. The molecule has 1 heterocycles. The molecule has 1 aliphatic rings. The van der Waals surface area contributed by atoms with Crippen LogP contribution in [0.15, 0.2) is 48.5 Å². The molecule has 0 amide bonds. The van der Waals surface area contributed by atoms with Crippen LogP contribution in [0.5, 0.6) is 0 Å². The number of nitrogens with one attached hydrogen (secondary N) is 2. The molecule has 3 rings (SSSR count). The van der Waals surface area contributed by atoms with E-state index in [2.05, 4.69) is 26.5 Å². The van der Waals surface area contributed by atoms with Gasteiger partial charge in [0.1, 0.15) is 18.1 Å². The van der Waals surface area contributed by atoms with Gasteiger partial charge in [-0.05, 0) is 57.0 Å². The van der Waals surface area contributed by atoms with E-state index in [1.54, 1.807) is 29.1 Å². The summed E-state index contributed by atoms with van der Waals surface area (Å²) in [6.45, 7) is 8.28. The highest BCUT2D eigenvalue weighted by molar-refractivity contribution is 6.22. The van der Waals surface area contributed by atoms with E-state index in [0.717, 1.165) is 19.1 Å². The monoisotopic (exact) mass is 494 g/mol. The summed E-state index contributed by atoms with van der Waals surface area (Å²) in [5, 5.41) is 2.08. The molecule has 4 nitrogen and oxygen atoms in total. The number of quaternary nitrogens is 1. The van der Waals surface area contributed by atoms with Gasteiger partial charge in [-0.1, -0.05) is 31.2 Å². The second-order valence-electron chi connectivity index (χ2n) is 8.38. The fourth-order valence-corrected chi connectivity index (χ4v) is 3.51. The average Bonchev–Trinajstić information content (AvgIpc) is 3.33. The van der Waals surface area contributed by atoms with Gasteiger partial charge in [-0.15, -0.1) is 0 Å². The number of hydrogen-bond donors (Lipinski definition) is 2. The van der Waals surface area contributed by atoms with Gasteiger partial charge in [0.25, 0.3) is 0 Å². The first-order valence-corrected chi connectivity index (χ1v) is 11.8. The van der Waals surface area contributed by atoms with E-state index >= 15 is 0 Å². The van der Waals surface area contributed by atoms with Crippen molar-refractivity contribution >= 4 is 19.5 Å². The van der Waals surface area contributed by atoms with Gasteiger partial charge in [-0.3, -0.25) is 4.79 Å². The first-order valence-electron chi connectivity index (χ1n) is 11.8. The lowest BCUT2D eigenvalue weighted by atomic mass is 9.97. The van der Waals surface area contributed by atoms with Crippen molar-refractivity contribution in [2.24, 2.45) is 5.92 Å². The molecule has 35 heavy (non-hydrogen) atoms. The molecular formula is C26H35BF4N2O2+. The zero-order chi connectivity index (χ0) is 26.4. The third-order valence-corrected chi connectivity index (χ3v) is 6.01. The summed E-state index contributed by atoms with van der Waals surface area (Å²) < 4.78 is 47.0. The van der Waals surface area contributed by atoms with E-state index < -0.39 is 12.2 Å². The van der Waals surface area contributed by atoms with Crippen molar-refractivity contribution in [1.82, 2.24) is 5.32 Å². The van der Waals surface area contributed by atoms with Crippen LogP contribution in [0.3, 0.4) is 0 Å². The molecule has 0 aromatic heterocycles. The van der Waals surface area contributed by atoms with Gasteiger partial charge >= 0.3 is 13.6 Å². The summed E-state index contributed by atoms with van der Waals surface area (Å²) in [6, 6.07) is 10.9. The minimum Gasteiger partial charge on any atom is -0.406 e. The molecule has 9 heteroatoms. The number of carbonyl (C=O) groups is 2. The van der Waals surface area contributed by atoms with Crippen molar-refractivity contribution in [2.45, 2.75) is 52.2 Å². The fourth-order valence-electron chi connectivity index (χ4n) is 3.51. The SMILES string of the molecule is CN[C@H](C)C(F)(F)F.C[B][NH+]1CCC(CC)C1.O=CCc1ccccc1C(=O)c1ccc(F)cc1. The van der Waals surface area contributed by atoms with E-state index in [9.17, 15) is 27.2 Å². The van der Waals surface area contributed by atoms with Gasteiger partial charge in [0, 0.05) is 29.9 Å². The van der Waals surface area contributed by atoms with Crippen LogP contribution in [0.25, 0.3) is 0 Å². The van der Waals surface area contributed by atoms with E-state index in [4.69, 9.17) is 0 Å².